The lowest BCUT2D eigenvalue weighted by Crippen LogP contribution is -2.46. The molecule has 0 aromatic carbocycles. The fourth-order valence-corrected chi connectivity index (χ4v) is 3.32. The fourth-order valence-electron chi connectivity index (χ4n) is 3.32. The summed E-state index contributed by atoms with van der Waals surface area (Å²) in [4.78, 5) is 22.7. The molecular weight excluding hydrogens is 234 g/mol. The van der Waals surface area contributed by atoms with Gasteiger partial charge in [0.1, 0.15) is 5.60 Å². The van der Waals surface area contributed by atoms with Crippen LogP contribution in [0, 0.1) is 17.3 Å². The van der Waals surface area contributed by atoms with E-state index in [0.717, 1.165) is 19.3 Å². The van der Waals surface area contributed by atoms with Crippen LogP contribution in [0.4, 0.5) is 4.79 Å². The summed E-state index contributed by atoms with van der Waals surface area (Å²) in [5.41, 5.74) is -0.751. The third-order valence-corrected chi connectivity index (χ3v) is 3.98. The molecule has 0 aromatic rings. The van der Waals surface area contributed by atoms with Gasteiger partial charge in [-0.2, -0.15) is 0 Å². The van der Waals surface area contributed by atoms with Gasteiger partial charge < -0.3 is 15.2 Å². The number of carbonyl (C=O) groups excluding carboxylic acids is 1. The van der Waals surface area contributed by atoms with Gasteiger partial charge in [-0.25, -0.2) is 4.79 Å². The van der Waals surface area contributed by atoms with Gasteiger partial charge in [0.15, 0.2) is 0 Å². The van der Waals surface area contributed by atoms with Crippen LogP contribution in [0.3, 0.4) is 0 Å². The van der Waals surface area contributed by atoms with E-state index in [-0.39, 0.29) is 11.3 Å². The highest BCUT2D eigenvalue weighted by Crippen LogP contribution is 2.61. The number of carbonyl (C=O) groups is 2. The first kappa shape index (κ1) is 13.2. The Hall–Kier alpha value is -1.26. The van der Waals surface area contributed by atoms with E-state index in [0.29, 0.717) is 12.5 Å². The van der Waals surface area contributed by atoms with Crippen molar-refractivity contribution in [2.24, 2.45) is 17.3 Å². The molecule has 0 aliphatic heterocycles. The Bertz CT molecular complexity index is 366. The van der Waals surface area contributed by atoms with E-state index >= 15 is 0 Å². The van der Waals surface area contributed by atoms with Gasteiger partial charge in [-0.1, -0.05) is 0 Å². The molecular formula is C13H21NO4. The first-order valence-corrected chi connectivity index (χ1v) is 6.41. The van der Waals surface area contributed by atoms with Crippen molar-refractivity contribution in [3.05, 3.63) is 0 Å². The minimum Gasteiger partial charge on any atom is -0.481 e. The number of fused-ring (bicyclic) bond motifs is 1. The van der Waals surface area contributed by atoms with E-state index in [1.807, 2.05) is 0 Å². The average molecular weight is 255 g/mol. The molecule has 0 saturated heterocycles. The van der Waals surface area contributed by atoms with Gasteiger partial charge in [0.25, 0.3) is 0 Å². The van der Waals surface area contributed by atoms with Gasteiger partial charge in [-0.3, -0.25) is 4.79 Å². The van der Waals surface area contributed by atoms with Gasteiger partial charge in [0, 0.05) is 12.0 Å². The van der Waals surface area contributed by atoms with Crippen LogP contribution in [0.1, 0.15) is 40.0 Å². The van der Waals surface area contributed by atoms with Crippen molar-refractivity contribution < 1.29 is 19.4 Å². The zero-order valence-corrected chi connectivity index (χ0v) is 11.2. The van der Waals surface area contributed by atoms with Gasteiger partial charge >= 0.3 is 12.1 Å². The fraction of sp³-hybridized carbons (Fsp3) is 0.846. The summed E-state index contributed by atoms with van der Waals surface area (Å²) >= 11 is 0. The molecule has 0 aromatic heterocycles. The predicted molar refractivity (Wildman–Crippen MR) is 65.1 cm³/mol. The number of nitrogens with one attached hydrogen (secondary N) is 1. The van der Waals surface area contributed by atoms with Crippen LogP contribution in [0.2, 0.25) is 0 Å². The van der Waals surface area contributed by atoms with Gasteiger partial charge in [0.05, 0.1) is 5.92 Å². The second-order valence-corrected chi connectivity index (χ2v) is 6.62. The molecule has 0 radical (unpaired) electrons. The lowest BCUT2D eigenvalue weighted by molar-refractivity contribution is -0.145. The molecule has 5 nitrogen and oxygen atoms in total. The second kappa shape index (κ2) is 4.14. The quantitative estimate of drug-likeness (QED) is 0.809. The van der Waals surface area contributed by atoms with Crippen molar-refractivity contribution in [2.75, 3.05) is 6.54 Å². The van der Waals surface area contributed by atoms with Crippen LogP contribution in [0.25, 0.3) is 0 Å². The van der Waals surface area contributed by atoms with Crippen LogP contribution >= 0.6 is 0 Å². The number of carboxylic acid groups (broad SMARTS) is 1. The molecule has 102 valence electrons. The van der Waals surface area contributed by atoms with Crippen molar-refractivity contribution in [1.82, 2.24) is 5.32 Å². The van der Waals surface area contributed by atoms with Gasteiger partial charge in [-0.15, -0.1) is 0 Å². The average Bonchev–Trinajstić information content (AvgIpc) is 2.65. The summed E-state index contributed by atoms with van der Waals surface area (Å²) in [5, 5.41) is 11.9. The summed E-state index contributed by atoms with van der Waals surface area (Å²) in [6, 6.07) is 0. The molecule has 3 rings (SSSR count). The molecule has 2 N–H and O–H groups in total. The van der Waals surface area contributed by atoms with Crippen LogP contribution < -0.4 is 5.32 Å². The summed E-state index contributed by atoms with van der Waals surface area (Å²) < 4.78 is 5.16. The molecule has 1 atom stereocenters. The topological polar surface area (TPSA) is 75.6 Å². The third kappa shape index (κ3) is 2.44. The highest BCUT2D eigenvalue weighted by Gasteiger charge is 2.59. The lowest BCUT2D eigenvalue weighted by atomic mass is 9.66. The highest BCUT2D eigenvalue weighted by molar-refractivity contribution is 5.73. The minimum atomic E-state index is -0.735. The van der Waals surface area contributed by atoms with Crippen LogP contribution in [0.5, 0.6) is 0 Å². The Labute approximate surface area is 107 Å². The first-order chi connectivity index (χ1) is 8.22. The van der Waals surface area contributed by atoms with E-state index in [4.69, 9.17) is 4.74 Å². The van der Waals surface area contributed by atoms with E-state index in [9.17, 15) is 14.7 Å². The number of alkyl carbamates (subject to hydrolysis) is 1. The number of carboxylic acids is 1. The second-order valence-electron chi connectivity index (χ2n) is 6.62. The predicted octanol–water partition coefficient (Wildman–Crippen LogP) is 2.01. The smallest absolute Gasteiger partial charge is 0.407 e. The monoisotopic (exact) mass is 255 g/mol. The standard InChI is InChI=1S/C13H21NO4/c1-12(2,3)18-11(17)14-7-13-5-8(6-13)4-9(13)10(15)16/h8-9H,4-7H2,1-3H3,(H,14,17)(H,15,16). The van der Waals surface area contributed by atoms with Crippen LogP contribution in [-0.4, -0.2) is 29.3 Å². The van der Waals surface area contributed by atoms with Crippen molar-refractivity contribution in [3.63, 3.8) is 0 Å². The molecule has 18 heavy (non-hydrogen) atoms. The van der Waals surface area contributed by atoms with Crippen LogP contribution in [0.15, 0.2) is 0 Å². The van der Waals surface area contributed by atoms with E-state index in [1.165, 1.54) is 0 Å². The summed E-state index contributed by atoms with van der Waals surface area (Å²) in [6.45, 7) is 5.83. The normalized spacial score (nSPS) is 33.7. The molecule has 0 heterocycles. The molecule has 0 spiro atoms. The maximum atomic E-state index is 11.6. The number of amides is 1. The van der Waals surface area contributed by atoms with E-state index in [2.05, 4.69) is 5.32 Å². The number of hydrogen-bond acceptors (Lipinski definition) is 3. The maximum absolute atomic E-state index is 11.6. The van der Waals surface area contributed by atoms with E-state index < -0.39 is 17.7 Å². The van der Waals surface area contributed by atoms with Crippen molar-refractivity contribution in [3.8, 4) is 0 Å². The largest absolute Gasteiger partial charge is 0.481 e. The van der Waals surface area contributed by atoms with Gasteiger partial charge in [0.2, 0.25) is 0 Å². The molecule has 3 aliphatic carbocycles. The SMILES string of the molecule is CC(C)(C)OC(=O)NCC12CC(CC1C(=O)O)C2. The highest BCUT2D eigenvalue weighted by atomic mass is 16.6. The minimum absolute atomic E-state index is 0.229. The number of aliphatic carboxylic acids is 1. The first-order valence-electron chi connectivity index (χ1n) is 6.41. The van der Waals surface area contributed by atoms with Crippen molar-refractivity contribution >= 4 is 12.1 Å². The lowest BCUT2D eigenvalue weighted by Gasteiger charge is -2.40. The molecule has 3 saturated carbocycles. The zero-order valence-electron chi connectivity index (χ0n) is 11.2. The Morgan fingerprint density at radius 1 is 1.39 bits per heavy atom. The Kier molecular flexibility index (Phi) is 3.03. The Morgan fingerprint density at radius 3 is 2.50 bits per heavy atom. The zero-order chi connectivity index (χ0) is 13.6. The molecule has 5 heteroatoms. The molecule has 1 amide bonds. The maximum Gasteiger partial charge on any atom is 0.407 e. The number of hydrogen-bond donors (Lipinski definition) is 2. The number of rotatable bonds is 3. The van der Waals surface area contributed by atoms with E-state index in [1.54, 1.807) is 20.8 Å². The van der Waals surface area contributed by atoms with Gasteiger partial charge in [-0.05, 0) is 46.0 Å². The Balaban J connectivity index is 1.87. The van der Waals surface area contributed by atoms with Crippen molar-refractivity contribution in [1.29, 1.82) is 0 Å². The van der Waals surface area contributed by atoms with Crippen molar-refractivity contribution in [2.45, 2.75) is 45.6 Å². The number of ether oxygens (including phenoxy) is 1. The summed E-state index contributed by atoms with van der Waals surface area (Å²) in [5.74, 6) is -0.509. The summed E-state index contributed by atoms with van der Waals surface area (Å²) in [7, 11) is 0. The third-order valence-electron chi connectivity index (χ3n) is 3.98. The van der Waals surface area contributed by atoms with Crippen LogP contribution in [-0.2, 0) is 9.53 Å². The Morgan fingerprint density at radius 2 is 2.00 bits per heavy atom. The molecule has 1 unspecified atom stereocenters. The molecule has 3 fully saturated rings. The summed E-state index contributed by atoms with van der Waals surface area (Å²) in [6.07, 6.45) is 2.13. The molecule has 2 bridgehead atoms. The molecule has 3 aliphatic rings.